The zero-order valence-electron chi connectivity index (χ0n) is 13.3. The highest BCUT2D eigenvalue weighted by molar-refractivity contribution is 7.18. The van der Waals surface area contributed by atoms with Crippen molar-refractivity contribution in [3.63, 3.8) is 0 Å². The van der Waals surface area contributed by atoms with Gasteiger partial charge in [-0.2, -0.15) is 0 Å². The molecular formula is C17H16N4O2S. The first kappa shape index (κ1) is 16.1. The third-order valence-corrected chi connectivity index (χ3v) is 3.95. The van der Waals surface area contributed by atoms with Gasteiger partial charge in [0.1, 0.15) is 10.8 Å². The molecule has 0 atom stereocenters. The molecule has 0 spiro atoms. The number of hydrogen-bond donors (Lipinski definition) is 1. The fourth-order valence-electron chi connectivity index (χ4n) is 2.06. The van der Waals surface area contributed by atoms with Crippen LogP contribution in [-0.2, 0) is 0 Å². The van der Waals surface area contributed by atoms with Crippen LogP contribution in [0.1, 0.15) is 24.2 Å². The molecule has 0 aliphatic rings. The van der Waals surface area contributed by atoms with E-state index in [-0.39, 0.29) is 12.0 Å². The van der Waals surface area contributed by atoms with Gasteiger partial charge in [0.2, 0.25) is 5.13 Å². The number of aromatic nitrogens is 3. The number of benzene rings is 1. The average molecular weight is 340 g/mol. The van der Waals surface area contributed by atoms with Crippen LogP contribution < -0.4 is 10.1 Å². The second-order valence-electron chi connectivity index (χ2n) is 5.27. The fourth-order valence-corrected chi connectivity index (χ4v) is 2.80. The molecule has 6 nitrogen and oxygen atoms in total. The average Bonchev–Trinajstić information content (AvgIpc) is 3.04. The van der Waals surface area contributed by atoms with Gasteiger partial charge in [-0.3, -0.25) is 15.1 Å². The third-order valence-electron chi connectivity index (χ3n) is 3.07. The van der Waals surface area contributed by atoms with Crippen LogP contribution in [0, 0.1) is 0 Å². The standard InChI is InChI=1S/C17H16N4O2S/c1-11(2)23-14-6-4-3-5-13(14)15(22)19-17-21-20-16(24-17)12-7-9-18-10-8-12/h3-11H,1-2H3,(H,19,21,22). The smallest absolute Gasteiger partial charge is 0.261 e. The number of anilines is 1. The molecule has 0 unspecified atom stereocenters. The van der Waals surface area contributed by atoms with Crippen molar-refractivity contribution in [2.45, 2.75) is 20.0 Å². The number of pyridine rings is 1. The minimum Gasteiger partial charge on any atom is -0.490 e. The first-order chi connectivity index (χ1) is 11.6. The van der Waals surface area contributed by atoms with Crippen LogP contribution in [0.3, 0.4) is 0 Å². The summed E-state index contributed by atoms with van der Waals surface area (Å²) in [4.78, 5) is 16.5. The van der Waals surface area contributed by atoms with Crippen molar-refractivity contribution in [1.29, 1.82) is 0 Å². The van der Waals surface area contributed by atoms with Crippen molar-refractivity contribution in [2.75, 3.05) is 5.32 Å². The van der Waals surface area contributed by atoms with Crippen LogP contribution in [0.4, 0.5) is 5.13 Å². The first-order valence-corrected chi connectivity index (χ1v) is 8.26. The molecule has 1 aromatic carbocycles. The molecule has 2 heterocycles. The molecule has 1 amide bonds. The van der Waals surface area contributed by atoms with E-state index in [1.54, 1.807) is 30.6 Å². The topological polar surface area (TPSA) is 77.0 Å². The third kappa shape index (κ3) is 3.75. The van der Waals surface area contributed by atoms with E-state index >= 15 is 0 Å². The number of para-hydroxylation sites is 1. The lowest BCUT2D eigenvalue weighted by atomic mass is 10.2. The van der Waals surface area contributed by atoms with E-state index in [1.807, 2.05) is 32.0 Å². The minimum atomic E-state index is -0.274. The van der Waals surface area contributed by atoms with Crippen LogP contribution in [0.25, 0.3) is 10.6 Å². The van der Waals surface area contributed by atoms with Gasteiger partial charge < -0.3 is 4.74 Å². The molecule has 2 aromatic heterocycles. The zero-order valence-corrected chi connectivity index (χ0v) is 14.1. The van der Waals surface area contributed by atoms with Crippen LogP contribution >= 0.6 is 11.3 Å². The van der Waals surface area contributed by atoms with Gasteiger partial charge in [0.05, 0.1) is 11.7 Å². The lowest BCUT2D eigenvalue weighted by Crippen LogP contribution is -2.15. The summed E-state index contributed by atoms with van der Waals surface area (Å²) in [5.41, 5.74) is 1.37. The first-order valence-electron chi connectivity index (χ1n) is 7.44. The predicted octanol–water partition coefficient (Wildman–Crippen LogP) is 3.64. The molecule has 0 saturated heterocycles. The number of nitrogens with zero attached hydrogens (tertiary/aromatic N) is 3. The van der Waals surface area contributed by atoms with Crippen molar-refractivity contribution in [1.82, 2.24) is 15.2 Å². The lowest BCUT2D eigenvalue weighted by Gasteiger charge is -2.13. The van der Waals surface area contributed by atoms with E-state index in [9.17, 15) is 4.79 Å². The second-order valence-corrected chi connectivity index (χ2v) is 6.24. The van der Waals surface area contributed by atoms with Gasteiger partial charge in [-0.1, -0.05) is 23.5 Å². The van der Waals surface area contributed by atoms with Gasteiger partial charge >= 0.3 is 0 Å². The molecule has 24 heavy (non-hydrogen) atoms. The van der Waals surface area contributed by atoms with E-state index in [4.69, 9.17) is 4.74 Å². The molecule has 3 rings (SSSR count). The quantitative estimate of drug-likeness (QED) is 0.767. The Labute approximate surface area is 143 Å². The summed E-state index contributed by atoms with van der Waals surface area (Å²) in [6, 6.07) is 10.8. The molecule has 0 radical (unpaired) electrons. The maximum atomic E-state index is 12.5. The maximum Gasteiger partial charge on any atom is 0.261 e. The van der Waals surface area contributed by atoms with Crippen molar-refractivity contribution < 1.29 is 9.53 Å². The van der Waals surface area contributed by atoms with Gasteiger partial charge in [-0.05, 0) is 38.1 Å². The van der Waals surface area contributed by atoms with Gasteiger partial charge in [0.15, 0.2) is 0 Å². The molecule has 1 N–H and O–H groups in total. The number of carbonyl (C=O) groups excluding carboxylic acids is 1. The number of amides is 1. The summed E-state index contributed by atoms with van der Waals surface area (Å²) >= 11 is 1.31. The Kier molecular flexibility index (Phi) is 4.81. The summed E-state index contributed by atoms with van der Waals surface area (Å²) in [5.74, 6) is 0.271. The van der Waals surface area contributed by atoms with Gasteiger partial charge in [0, 0.05) is 18.0 Å². The Hall–Kier alpha value is -2.80. The molecular weight excluding hydrogens is 324 g/mol. The Morgan fingerprint density at radius 1 is 1.12 bits per heavy atom. The molecule has 0 bridgehead atoms. The molecule has 7 heteroatoms. The van der Waals surface area contributed by atoms with Crippen LogP contribution in [0.5, 0.6) is 5.75 Å². The molecule has 122 valence electrons. The van der Waals surface area contributed by atoms with Gasteiger partial charge in [0.25, 0.3) is 5.91 Å². The van der Waals surface area contributed by atoms with Crippen molar-refractivity contribution in [3.05, 3.63) is 54.4 Å². The fraction of sp³-hybridized carbons (Fsp3) is 0.176. The van der Waals surface area contributed by atoms with E-state index < -0.39 is 0 Å². The monoisotopic (exact) mass is 340 g/mol. The highest BCUT2D eigenvalue weighted by Gasteiger charge is 2.15. The lowest BCUT2D eigenvalue weighted by molar-refractivity contribution is 0.102. The maximum absolute atomic E-state index is 12.5. The van der Waals surface area contributed by atoms with Crippen LogP contribution in [0.2, 0.25) is 0 Å². The Bertz CT molecular complexity index is 833. The SMILES string of the molecule is CC(C)Oc1ccccc1C(=O)Nc1nnc(-c2ccncc2)s1. The molecule has 0 fully saturated rings. The van der Waals surface area contributed by atoms with E-state index in [1.165, 1.54) is 11.3 Å². The second kappa shape index (κ2) is 7.18. The zero-order chi connectivity index (χ0) is 16.9. The summed E-state index contributed by atoms with van der Waals surface area (Å²) in [7, 11) is 0. The van der Waals surface area contributed by atoms with Crippen molar-refractivity contribution >= 4 is 22.4 Å². The highest BCUT2D eigenvalue weighted by Crippen LogP contribution is 2.27. The minimum absolute atomic E-state index is 0.0150. The van der Waals surface area contributed by atoms with Crippen molar-refractivity contribution in [3.8, 4) is 16.3 Å². The molecule has 0 aliphatic carbocycles. The Morgan fingerprint density at radius 2 is 1.88 bits per heavy atom. The van der Waals surface area contributed by atoms with Crippen molar-refractivity contribution in [2.24, 2.45) is 0 Å². The predicted molar refractivity (Wildman–Crippen MR) is 93.3 cm³/mol. The number of rotatable bonds is 5. The Morgan fingerprint density at radius 3 is 2.62 bits per heavy atom. The molecule has 0 aliphatic heterocycles. The summed E-state index contributed by atoms with van der Waals surface area (Å²) in [5, 5.41) is 12.1. The van der Waals surface area contributed by atoms with Gasteiger partial charge in [-0.25, -0.2) is 0 Å². The number of nitrogens with one attached hydrogen (secondary N) is 1. The van der Waals surface area contributed by atoms with E-state index in [0.29, 0.717) is 16.4 Å². The van der Waals surface area contributed by atoms with E-state index in [2.05, 4.69) is 20.5 Å². The number of hydrogen-bond acceptors (Lipinski definition) is 6. The van der Waals surface area contributed by atoms with Crippen LogP contribution in [-0.4, -0.2) is 27.2 Å². The summed E-state index contributed by atoms with van der Waals surface area (Å²) < 4.78 is 5.68. The number of carbonyl (C=O) groups is 1. The summed E-state index contributed by atoms with van der Waals surface area (Å²) in [6.07, 6.45) is 3.36. The van der Waals surface area contributed by atoms with E-state index in [0.717, 1.165) is 10.6 Å². The normalized spacial score (nSPS) is 10.6. The highest BCUT2D eigenvalue weighted by atomic mass is 32.1. The summed E-state index contributed by atoms with van der Waals surface area (Å²) in [6.45, 7) is 3.83. The van der Waals surface area contributed by atoms with Crippen LogP contribution in [0.15, 0.2) is 48.8 Å². The number of ether oxygens (including phenoxy) is 1. The van der Waals surface area contributed by atoms with Gasteiger partial charge in [-0.15, -0.1) is 10.2 Å². The Balaban J connectivity index is 1.78. The molecule has 3 aromatic rings. The molecule has 0 saturated carbocycles. The largest absolute Gasteiger partial charge is 0.490 e.